The summed E-state index contributed by atoms with van der Waals surface area (Å²) in [5.74, 6) is 0. The number of halogens is 1. The van der Waals surface area contributed by atoms with Gasteiger partial charge in [0.1, 0.15) is 0 Å². The lowest BCUT2D eigenvalue weighted by Crippen LogP contribution is -2.21. The molecule has 2 aromatic rings. The van der Waals surface area contributed by atoms with Gasteiger partial charge in [-0.2, -0.15) is 15.3 Å². The third-order valence-corrected chi connectivity index (χ3v) is 3.94. The first-order chi connectivity index (χ1) is 10.1. The second-order valence-corrected chi connectivity index (χ2v) is 5.67. The predicted octanol–water partition coefficient (Wildman–Crippen LogP) is 2.00. The molecule has 0 saturated carbocycles. The highest BCUT2D eigenvalue weighted by atomic mass is 79.9. The monoisotopic (exact) mass is 353 g/mol. The molecule has 0 aliphatic heterocycles. The third-order valence-electron chi connectivity index (χ3n) is 3.33. The molecular formula is C14H20BrN5O. The molecule has 0 spiro atoms. The minimum atomic E-state index is -0.303. The Morgan fingerprint density at radius 2 is 2.19 bits per heavy atom. The van der Waals surface area contributed by atoms with Gasteiger partial charge in [0.05, 0.1) is 46.9 Å². The molecule has 1 unspecified atom stereocenters. The molecule has 0 saturated heterocycles. The molecule has 21 heavy (non-hydrogen) atoms. The molecule has 0 bridgehead atoms. The van der Waals surface area contributed by atoms with Gasteiger partial charge in [-0.3, -0.25) is 4.68 Å². The van der Waals surface area contributed by atoms with Crippen molar-refractivity contribution in [1.29, 1.82) is 0 Å². The zero-order valence-electron chi connectivity index (χ0n) is 12.5. The molecule has 0 fully saturated rings. The van der Waals surface area contributed by atoms with E-state index in [0.29, 0.717) is 13.2 Å². The van der Waals surface area contributed by atoms with Crippen LogP contribution < -0.4 is 5.73 Å². The van der Waals surface area contributed by atoms with Crippen LogP contribution in [0.3, 0.4) is 0 Å². The molecule has 6 nitrogen and oxygen atoms in total. The number of hydrogen-bond acceptors (Lipinski definition) is 5. The zero-order chi connectivity index (χ0) is 15.4. The van der Waals surface area contributed by atoms with Gasteiger partial charge in [0, 0.05) is 12.7 Å². The number of aryl methyl sites for hydroxylation is 2. The topological polar surface area (TPSA) is 78.9 Å². The fourth-order valence-electron chi connectivity index (χ4n) is 2.26. The summed E-state index contributed by atoms with van der Waals surface area (Å²) in [5, 5.41) is 12.7. The van der Waals surface area contributed by atoms with Gasteiger partial charge in [-0.15, -0.1) is 0 Å². The van der Waals surface area contributed by atoms with E-state index < -0.39 is 0 Å². The van der Waals surface area contributed by atoms with Crippen LogP contribution in [0, 0.1) is 6.92 Å². The Kier molecular flexibility index (Phi) is 5.44. The van der Waals surface area contributed by atoms with Gasteiger partial charge >= 0.3 is 0 Å². The number of aromatic nitrogens is 4. The first-order valence-corrected chi connectivity index (χ1v) is 7.66. The number of nitrogens with zero attached hydrogens (tertiary/aromatic N) is 4. The second-order valence-electron chi connectivity index (χ2n) is 4.81. The molecule has 0 radical (unpaired) electrons. The Morgan fingerprint density at radius 1 is 1.43 bits per heavy atom. The van der Waals surface area contributed by atoms with E-state index in [-0.39, 0.29) is 6.04 Å². The smallest absolute Gasteiger partial charge is 0.0753 e. The van der Waals surface area contributed by atoms with Crippen LogP contribution in [0.5, 0.6) is 0 Å². The maximum absolute atomic E-state index is 6.48. The van der Waals surface area contributed by atoms with Gasteiger partial charge in [-0.1, -0.05) is 6.92 Å². The van der Waals surface area contributed by atoms with Crippen molar-refractivity contribution >= 4 is 15.9 Å². The number of rotatable bonds is 6. The molecule has 0 amide bonds. The minimum absolute atomic E-state index is 0.303. The van der Waals surface area contributed by atoms with Crippen molar-refractivity contribution in [1.82, 2.24) is 20.0 Å². The van der Waals surface area contributed by atoms with Gasteiger partial charge < -0.3 is 10.5 Å². The lowest BCUT2D eigenvalue weighted by Gasteiger charge is -2.18. The van der Waals surface area contributed by atoms with Crippen LogP contribution >= 0.6 is 15.9 Å². The number of methoxy groups -OCH3 is 1. The normalized spacial score (nSPS) is 12.6. The highest BCUT2D eigenvalue weighted by Gasteiger charge is 2.21. The maximum Gasteiger partial charge on any atom is 0.0753 e. The standard InChI is InChI=1S/C14H20BrN5O/c1-4-12-10(7-9(2)18-19-12)13(16)14-11(15)8-17-20(14)5-6-21-3/h7-8,13H,4-6,16H2,1-3H3. The van der Waals surface area contributed by atoms with Gasteiger partial charge in [0.15, 0.2) is 0 Å². The van der Waals surface area contributed by atoms with Crippen LogP contribution in [0.1, 0.15) is 35.6 Å². The molecule has 0 aromatic carbocycles. The molecule has 2 N–H and O–H groups in total. The highest BCUT2D eigenvalue weighted by molar-refractivity contribution is 9.10. The average Bonchev–Trinajstić information content (AvgIpc) is 2.85. The van der Waals surface area contributed by atoms with Crippen molar-refractivity contribution in [3.63, 3.8) is 0 Å². The van der Waals surface area contributed by atoms with E-state index in [1.54, 1.807) is 13.3 Å². The molecular weight excluding hydrogens is 334 g/mol. The van der Waals surface area contributed by atoms with E-state index in [9.17, 15) is 0 Å². The summed E-state index contributed by atoms with van der Waals surface area (Å²) in [6.45, 7) is 5.21. The molecule has 1 atom stereocenters. The van der Waals surface area contributed by atoms with Crippen molar-refractivity contribution < 1.29 is 4.74 Å². The van der Waals surface area contributed by atoms with E-state index in [1.807, 2.05) is 24.6 Å². The fraction of sp³-hybridized carbons (Fsp3) is 0.500. The fourth-order valence-corrected chi connectivity index (χ4v) is 2.81. The van der Waals surface area contributed by atoms with E-state index in [2.05, 4.69) is 31.2 Å². The molecule has 0 aliphatic carbocycles. The van der Waals surface area contributed by atoms with Crippen molar-refractivity contribution in [3.05, 3.63) is 39.4 Å². The van der Waals surface area contributed by atoms with Crippen LogP contribution in [0.2, 0.25) is 0 Å². The van der Waals surface area contributed by atoms with Crippen molar-refractivity contribution in [2.75, 3.05) is 13.7 Å². The van der Waals surface area contributed by atoms with Crippen LogP contribution in [0.15, 0.2) is 16.7 Å². The Hall–Kier alpha value is -1.31. The summed E-state index contributed by atoms with van der Waals surface area (Å²) >= 11 is 3.53. The lowest BCUT2D eigenvalue weighted by molar-refractivity contribution is 0.182. The van der Waals surface area contributed by atoms with Crippen molar-refractivity contribution in [2.24, 2.45) is 5.73 Å². The van der Waals surface area contributed by atoms with E-state index in [0.717, 1.165) is 33.5 Å². The molecule has 7 heteroatoms. The van der Waals surface area contributed by atoms with E-state index in [1.165, 1.54) is 0 Å². The van der Waals surface area contributed by atoms with E-state index in [4.69, 9.17) is 10.5 Å². The highest BCUT2D eigenvalue weighted by Crippen LogP contribution is 2.28. The number of nitrogens with two attached hydrogens (primary N) is 1. The molecule has 114 valence electrons. The molecule has 2 rings (SSSR count). The van der Waals surface area contributed by atoms with Gasteiger partial charge in [-0.25, -0.2) is 0 Å². The summed E-state index contributed by atoms with van der Waals surface area (Å²) in [7, 11) is 1.67. The Labute approximate surface area is 132 Å². The first-order valence-electron chi connectivity index (χ1n) is 6.87. The summed E-state index contributed by atoms with van der Waals surface area (Å²) in [5.41, 5.74) is 10.2. The summed E-state index contributed by atoms with van der Waals surface area (Å²) in [6, 6.07) is 1.69. The SMILES string of the molecule is CCc1nnc(C)cc1C(N)c1c(Br)cnn1CCOC. The van der Waals surface area contributed by atoms with Gasteiger partial charge in [-0.05, 0) is 35.3 Å². The number of ether oxygens (including phenoxy) is 1. The predicted molar refractivity (Wildman–Crippen MR) is 84.0 cm³/mol. The Bertz CT molecular complexity index is 613. The quantitative estimate of drug-likeness (QED) is 0.858. The van der Waals surface area contributed by atoms with Crippen molar-refractivity contribution in [2.45, 2.75) is 32.9 Å². The van der Waals surface area contributed by atoms with Crippen LogP contribution in [-0.4, -0.2) is 33.7 Å². The van der Waals surface area contributed by atoms with E-state index >= 15 is 0 Å². The van der Waals surface area contributed by atoms with Crippen LogP contribution in [-0.2, 0) is 17.7 Å². The molecule has 2 aromatic heterocycles. The lowest BCUT2D eigenvalue weighted by atomic mass is 10.0. The first kappa shape index (κ1) is 16.1. The average molecular weight is 354 g/mol. The minimum Gasteiger partial charge on any atom is -0.383 e. The third kappa shape index (κ3) is 3.48. The van der Waals surface area contributed by atoms with Crippen LogP contribution in [0.4, 0.5) is 0 Å². The largest absolute Gasteiger partial charge is 0.383 e. The molecule has 2 heterocycles. The van der Waals surface area contributed by atoms with Crippen LogP contribution in [0.25, 0.3) is 0 Å². The summed E-state index contributed by atoms with van der Waals surface area (Å²) in [4.78, 5) is 0. The Morgan fingerprint density at radius 3 is 2.86 bits per heavy atom. The maximum atomic E-state index is 6.48. The van der Waals surface area contributed by atoms with Gasteiger partial charge in [0.2, 0.25) is 0 Å². The summed E-state index contributed by atoms with van der Waals surface area (Å²) in [6.07, 6.45) is 2.55. The molecule has 0 aliphatic rings. The Balaban J connectivity index is 2.42. The zero-order valence-corrected chi connectivity index (χ0v) is 14.1. The summed E-state index contributed by atoms with van der Waals surface area (Å²) < 4.78 is 7.88. The number of hydrogen-bond donors (Lipinski definition) is 1. The second kappa shape index (κ2) is 7.11. The van der Waals surface area contributed by atoms with Gasteiger partial charge in [0.25, 0.3) is 0 Å². The van der Waals surface area contributed by atoms with Crippen molar-refractivity contribution in [3.8, 4) is 0 Å².